The third kappa shape index (κ3) is 5.12. The first-order valence-corrected chi connectivity index (χ1v) is 7.49. The molecule has 1 aliphatic heterocycles. The average Bonchev–Trinajstić information content (AvgIpc) is 2.36. The highest BCUT2D eigenvalue weighted by Gasteiger charge is 2.31. The summed E-state index contributed by atoms with van der Waals surface area (Å²) in [5.74, 6) is 0.0492. The summed E-state index contributed by atoms with van der Waals surface area (Å²) in [4.78, 5) is 27.7. The van der Waals surface area contributed by atoms with Gasteiger partial charge in [0, 0.05) is 33.1 Å². The standard InChI is InChI=1S/C15H28N2O3/c1-5-7-13(18)17-9-6-8-12(10-17)14(19)16(4)11-15(2,3)20/h12,20H,5-11H2,1-4H3. The summed E-state index contributed by atoms with van der Waals surface area (Å²) in [5, 5.41) is 9.79. The van der Waals surface area contributed by atoms with E-state index < -0.39 is 5.60 Å². The number of nitrogens with zero attached hydrogens (tertiary/aromatic N) is 2. The normalized spacial score (nSPS) is 19.9. The fourth-order valence-electron chi connectivity index (χ4n) is 2.75. The number of aliphatic hydroxyl groups is 1. The van der Waals surface area contributed by atoms with Gasteiger partial charge in [-0.2, -0.15) is 0 Å². The number of amides is 2. The van der Waals surface area contributed by atoms with E-state index in [2.05, 4.69) is 0 Å². The van der Waals surface area contributed by atoms with E-state index in [1.54, 1.807) is 25.8 Å². The Hall–Kier alpha value is -1.10. The first kappa shape index (κ1) is 17.0. The Balaban J connectivity index is 2.58. The van der Waals surface area contributed by atoms with Gasteiger partial charge in [-0.25, -0.2) is 0 Å². The number of carbonyl (C=O) groups is 2. The zero-order chi connectivity index (χ0) is 15.3. The lowest BCUT2D eigenvalue weighted by Gasteiger charge is -2.35. The Morgan fingerprint density at radius 2 is 2.05 bits per heavy atom. The molecule has 0 aromatic heterocycles. The monoisotopic (exact) mass is 284 g/mol. The molecule has 0 radical (unpaired) electrons. The van der Waals surface area contributed by atoms with Gasteiger partial charge in [-0.1, -0.05) is 6.92 Å². The minimum Gasteiger partial charge on any atom is -0.389 e. The Kier molecular flexibility index (Phi) is 5.99. The zero-order valence-corrected chi connectivity index (χ0v) is 13.2. The van der Waals surface area contributed by atoms with Crippen LogP contribution in [0.4, 0.5) is 0 Å². The van der Waals surface area contributed by atoms with E-state index in [-0.39, 0.29) is 17.7 Å². The highest BCUT2D eigenvalue weighted by molar-refractivity contribution is 5.81. The Morgan fingerprint density at radius 1 is 1.40 bits per heavy atom. The molecule has 5 heteroatoms. The number of hydrogen-bond acceptors (Lipinski definition) is 3. The molecular formula is C15H28N2O3. The molecule has 1 aliphatic rings. The van der Waals surface area contributed by atoms with Gasteiger partial charge in [0.1, 0.15) is 0 Å². The molecule has 1 fully saturated rings. The molecule has 5 nitrogen and oxygen atoms in total. The summed E-state index contributed by atoms with van der Waals surface area (Å²) in [6.45, 7) is 6.96. The topological polar surface area (TPSA) is 60.9 Å². The molecule has 1 N–H and O–H groups in total. The van der Waals surface area contributed by atoms with E-state index in [0.717, 1.165) is 25.8 Å². The van der Waals surface area contributed by atoms with Gasteiger partial charge in [-0.05, 0) is 33.1 Å². The van der Waals surface area contributed by atoms with Gasteiger partial charge >= 0.3 is 0 Å². The van der Waals surface area contributed by atoms with Gasteiger partial charge in [0.2, 0.25) is 11.8 Å². The van der Waals surface area contributed by atoms with Crippen molar-refractivity contribution in [1.82, 2.24) is 9.80 Å². The first-order valence-electron chi connectivity index (χ1n) is 7.49. The van der Waals surface area contributed by atoms with Crippen LogP contribution in [-0.2, 0) is 9.59 Å². The predicted octanol–water partition coefficient (Wildman–Crippen LogP) is 1.25. The highest BCUT2D eigenvalue weighted by atomic mass is 16.3. The largest absolute Gasteiger partial charge is 0.389 e. The lowest BCUT2D eigenvalue weighted by Crippen LogP contribution is -2.48. The van der Waals surface area contributed by atoms with Crippen LogP contribution in [0, 0.1) is 5.92 Å². The van der Waals surface area contributed by atoms with Crippen LogP contribution in [0.3, 0.4) is 0 Å². The van der Waals surface area contributed by atoms with E-state index in [0.29, 0.717) is 19.5 Å². The molecule has 1 unspecified atom stereocenters. The number of likely N-dealkylation sites (N-methyl/N-ethyl adjacent to an activating group) is 1. The molecule has 0 aromatic rings. The van der Waals surface area contributed by atoms with E-state index in [1.807, 2.05) is 11.8 Å². The summed E-state index contributed by atoms with van der Waals surface area (Å²) < 4.78 is 0. The lowest BCUT2D eigenvalue weighted by molar-refractivity contribution is -0.141. The zero-order valence-electron chi connectivity index (χ0n) is 13.2. The smallest absolute Gasteiger partial charge is 0.227 e. The first-order chi connectivity index (χ1) is 9.24. The van der Waals surface area contributed by atoms with Gasteiger partial charge in [0.25, 0.3) is 0 Å². The van der Waals surface area contributed by atoms with Crippen molar-refractivity contribution < 1.29 is 14.7 Å². The van der Waals surface area contributed by atoms with Crippen molar-refractivity contribution in [2.24, 2.45) is 5.92 Å². The molecule has 1 rings (SSSR count). The molecule has 1 atom stereocenters. The van der Waals surface area contributed by atoms with E-state index in [4.69, 9.17) is 0 Å². The Bertz CT molecular complexity index is 350. The summed E-state index contributed by atoms with van der Waals surface area (Å²) in [6, 6.07) is 0. The van der Waals surface area contributed by atoms with Gasteiger partial charge in [0.15, 0.2) is 0 Å². The van der Waals surface area contributed by atoms with Gasteiger partial charge in [0.05, 0.1) is 11.5 Å². The van der Waals surface area contributed by atoms with Crippen LogP contribution in [0.1, 0.15) is 46.5 Å². The number of piperidine rings is 1. The molecule has 0 bridgehead atoms. The molecule has 1 heterocycles. The van der Waals surface area contributed by atoms with Crippen LogP contribution < -0.4 is 0 Å². The van der Waals surface area contributed by atoms with Crippen LogP contribution in [0.15, 0.2) is 0 Å². The van der Waals surface area contributed by atoms with Gasteiger partial charge in [-0.3, -0.25) is 9.59 Å². The molecule has 0 aromatic carbocycles. The van der Waals surface area contributed by atoms with Crippen LogP contribution in [0.25, 0.3) is 0 Å². The maximum atomic E-state index is 12.4. The minimum atomic E-state index is -0.892. The Labute approximate surface area is 121 Å². The number of likely N-dealkylation sites (tertiary alicyclic amines) is 1. The third-order valence-electron chi connectivity index (χ3n) is 3.59. The average molecular weight is 284 g/mol. The van der Waals surface area contributed by atoms with Crippen molar-refractivity contribution in [1.29, 1.82) is 0 Å². The maximum Gasteiger partial charge on any atom is 0.227 e. The van der Waals surface area contributed by atoms with Crippen molar-refractivity contribution in [3.05, 3.63) is 0 Å². The van der Waals surface area contributed by atoms with Gasteiger partial charge < -0.3 is 14.9 Å². The van der Waals surface area contributed by atoms with Crippen molar-refractivity contribution in [2.45, 2.75) is 52.1 Å². The number of hydrogen-bond donors (Lipinski definition) is 1. The molecule has 0 saturated carbocycles. The SMILES string of the molecule is CCCC(=O)N1CCCC(C(=O)N(C)CC(C)(C)O)C1. The molecule has 20 heavy (non-hydrogen) atoms. The fraction of sp³-hybridized carbons (Fsp3) is 0.867. The van der Waals surface area contributed by atoms with Crippen molar-refractivity contribution in [2.75, 3.05) is 26.7 Å². The van der Waals surface area contributed by atoms with Crippen LogP contribution in [0.5, 0.6) is 0 Å². The molecule has 2 amide bonds. The number of carbonyl (C=O) groups excluding carboxylic acids is 2. The summed E-state index contributed by atoms with van der Waals surface area (Å²) in [5.41, 5.74) is -0.892. The molecule has 0 spiro atoms. The lowest BCUT2D eigenvalue weighted by atomic mass is 9.95. The number of rotatable bonds is 5. The summed E-state index contributed by atoms with van der Waals surface area (Å²) in [6.07, 6.45) is 3.10. The second-order valence-corrected chi connectivity index (χ2v) is 6.44. The van der Waals surface area contributed by atoms with Crippen LogP contribution in [0.2, 0.25) is 0 Å². The van der Waals surface area contributed by atoms with Crippen molar-refractivity contribution in [3.8, 4) is 0 Å². The van der Waals surface area contributed by atoms with E-state index in [9.17, 15) is 14.7 Å². The molecular weight excluding hydrogens is 256 g/mol. The van der Waals surface area contributed by atoms with E-state index >= 15 is 0 Å². The quantitative estimate of drug-likeness (QED) is 0.826. The van der Waals surface area contributed by atoms with Crippen molar-refractivity contribution in [3.63, 3.8) is 0 Å². The van der Waals surface area contributed by atoms with Gasteiger partial charge in [-0.15, -0.1) is 0 Å². The summed E-state index contributed by atoms with van der Waals surface area (Å²) in [7, 11) is 1.72. The highest BCUT2D eigenvalue weighted by Crippen LogP contribution is 2.20. The Morgan fingerprint density at radius 3 is 2.60 bits per heavy atom. The van der Waals surface area contributed by atoms with Crippen LogP contribution in [-0.4, -0.2) is 59.0 Å². The van der Waals surface area contributed by atoms with Crippen LogP contribution >= 0.6 is 0 Å². The van der Waals surface area contributed by atoms with Crippen molar-refractivity contribution >= 4 is 11.8 Å². The molecule has 1 saturated heterocycles. The fourth-order valence-corrected chi connectivity index (χ4v) is 2.75. The van der Waals surface area contributed by atoms with E-state index in [1.165, 1.54) is 0 Å². The summed E-state index contributed by atoms with van der Waals surface area (Å²) >= 11 is 0. The third-order valence-corrected chi connectivity index (χ3v) is 3.59. The molecule has 0 aliphatic carbocycles. The second-order valence-electron chi connectivity index (χ2n) is 6.44. The predicted molar refractivity (Wildman–Crippen MR) is 78.1 cm³/mol. The second kappa shape index (κ2) is 7.07. The molecule has 116 valence electrons. The maximum absolute atomic E-state index is 12.4. The minimum absolute atomic E-state index is 0.0288.